The first-order valence-corrected chi connectivity index (χ1v) is 8.64. The molecule has 1 aliphatic heterocycles. The third-order valence-electron chi connectivity index (χ3n) is 4.62. The molecule has 5 nitrogen and oxygen atoms in total. The quantitative estimate of drug-likeness (QED) is 0.783. The van der Waals surface area contributed by atoms with E-state index in [0.29, 0.717) is 6.54 Å². The van der Waals surface area contributed by atoms with E-state index < -0.39 is 0 Å². The summed E-state index contributed by atoms with van der Waals surface area (Å²) in [7, 11) is 4.03. The molecule has 1 amide bonds. The molecule has 1 heterocycles. The highest BCUT2D eigenvalue weighted by Gasteiger charge is 2.29. The molecule has 2 atom stereocenters. The fourth-order valence-corrected chi connectivity index (χ4v) is 2.97. The minimum atomic E-state index is -0.215. The zero-order valence-electron chi connectivity index (χ0n) is 15.0. The number of anilines is 1. The number of benzene rings is 2. The second-order valence-corrected chi connectivity index (χ2v) is 6.82. The Labute approximate surface area is 149 Å². The van der Waals surface area contributed by atoms with Crippen molar-refractivity contribution < 1.29 is 4.79 Å². The highest BCUT2D eigenvalue weighted by Crippen LogP contribution is 2.22. The Morgan fingerprint density at radius 2 is 1.76 bits per heavy atom. The number of hydrazine groups is 1. The summed E-state index contributed by atoms with van der Waals surface area (Å²) < 4.78 is 0. The maximum Gasteiger partial charge on any atom is 0.238 e. The highest BCUT2D eigenvalue weighted by molar-refractivity contribution is 5.82. The lowest BCUT2D eigenvalue weighted by atomic mass is 10.0. The number of nitrogens with one attached hydrogen (secondary N) is 3. The first-order valence-electron chi connectivity index (χ1n) is 8.64. The minimum absolute atomic E-state index is 0.0267. The number of carbonyl (C=O) groups is 1. The number of carbonyl (C=O) groups excluding carboxylic acids is 1. The van der Waals surface area contributed by atoms with Gasteiger partial charge in [0.25, 0.3) is 0 Å². The molecule has 1 fully saturated rings. The number of nitrogens with zero attached hydrogens (tertiary/aromatic N) is 1. The number of amides is 1. The van der Waals surface area contributed by atoms with Gasteiger partial charge in [0.2, 0.25) is 5.91 Å². The van der Waals surface area contributed by atoms with Gasteiger partial charge < -0.3 is 10.2 Å². The Hall–Kier alpha value is -2.37. The molecule has 0 spiro atoms. The van der Waals surface area contributed by atoms with Crippen molar-refractivity contribution in [3.63, 3.8) is 0 Å². The van der Waals surface area contributed by atoms with Crippen molar-refractivity contribution in [3.8, 4) is 0 Å². The zero-order chi connectivity index (χ0) is 17.8. The van der Waals surface area contributed by atoms with Crippen LogP contribution in [0, 0.1) is 6.92 Å². The zero-order valence-corrected chi connectivity index (χ0v) is 15.0. The molecule has 0 saturated carbocycles. The first-order chi connectivity index (χ1) is 12.0. The van der Waals surface area contributed by atoms with E-state index >= 15 is 0 Å². The van der Waals surface area contributed by atoms with E-state index in [0.717, 1.165) is 17.7 Å². The summed E-state index contributed by atoms with van der Waals surface area (Å²) >= 11 is 0. The highest BCUT2D eigenvalue weighted by atomic mass is 16.2. The normalized spacial score (nSPS) is 19.6. The van der Waals surface area contributed by atoms with Crippen LogP contribution in [0.5, 0.6) is 0 Å². The molecule has 0 aromatic heterocycles. The molecule has 132 valence electrons. The third-order valence-corrected chi connectivity index (χ3v) is 4.62. The van der Waals surface area contributed by atoms with Gasteiger partial charge in [0.1, 0.15) is 6.04 Å². The summed E-state index contributed by atoms with van der Waals surface area (Å²) in [5.41, 5.74) is 11.0. The van der Waals surface area contributed by atoms with Crippen LogP contribution in [-0.4, -0.2) is 26.0 Å². The third kappa shape index (κ3) is 4.38. The topological polar surface area (TPSA) is 56.4 Å². The summed E-state index contributed by atoms with van der Waals surface area (Å²) in [4.78, 5) is 14.5. The van der Waals surface area contributed by atoms with Crippen LogP contribution in [0.25, 0.3) is 0 Å². The Morgan fingerprint density at radius 3 is 2.40 bits per heavy atom. The molecular formula is C20H26N4O. The Bertz CT molecular complexity index is 709. The van der Waals surface area contributed by atoms with Crippen LogP contribution in [0.2, 0.25) is 0 Å². The summed E-state index contributed by atoms with van der Waals surface area (Å²) in [5.74, 6) is 0.0267. The fourth-order valence-electron chi connectivity index (χ4n) is 2.97. The van der Waals surface area contributed by atoms with Crippen molar-refractivity contribution in [2.45, 2.75) is 32.0 Å². The molecular weight excluding hydrogens is 312 g/mol. The maximum atomic E-state index is 12.4. The smallest absolute Gasteiger partial charge is 0.238 e. The summed E-state index contributed by atoms with van der Waals surface area (Å²) in [6, 6.07) is 16.6. The molecule has 3 rings (SSSR count). The molecule has 5 heteroatoms. The molecule has 1 saturated heterocycles. The molecule has 0 radical (unpaired) electrons. The monoisotopic (exact) mass is 338 g/mol. The predicted octanol–water partition coefficient (Wildman–Crippen LogP) is 2.29. The summed E-state index contributed by atoms with van der Waals surface area (Å²) in [6.45, 7) is 2.62. The van der Waals surface area contributed by atoms with Crippen LogP contribution in [0.1, 0.15) is 29.2 Å². The molecule has 2 aromatic rings. The molecule has 0 bridgehead atoms. The lowest BCUT2D eigenvalue weighted by molar-refractivity contribution is -0.123. The fraction of sp³-hybridized carbons (Fsp3) is 0.350. The van der Waals surface area contributed by atoms with Gasteiger partial charge in [-0.15, -0.1) is 0 Å². The van der Waals surface area contributed by atoms with Gasteiger partial charge in [-0.3, -0.25) is 4.79 Å². The van der Waals surface area contributed by atoms with E-state index in [1.807, 2.05) is 26.2 Å². The van der Waals surface area contributed by atoms with E-state index in [2.05, 4.69) is 64.4 Å². The minimum Gasteiger partial charge on any atom is -0.378 e. The second kappa shape index (κ2) is 7.68. The van der Waals surface area contributed by atoms with Gasteiger partial charge in [0, 0.05) is 32.4 Å². The van der Waals surface area contributed by atoms with Crippen molar-refractivity contribution in [1.82, 2.24) is 16.2 Å². The Kier molecular flexibility index (Phi) is 5.36. The summed E-state index contributed by atoms with van der Waals surface area (Å²) in [5, 5.41) is 3.02. The Morgan fingerprint density at radius 1 is 1.08 bits per heavy atom. The molecule has 2 unspecified atom stereocenters. The maximum absolute atomic E-state index is 12.4. The predicted molar refractivity (Wildman–Crippen MR) is 101 cm³/mol. The van der Waals surface area contributed by atoms with E-state index in [-0.39, 0.29) is 18.0 Å². The molecule has 3 N–H and O–H groups in total. The van der Waals surface area contributed by atoms with Crippen LogP contribution in [0.3, 0.4) is 0 Å². The number of aryl methyl sites for hydroxylation is 1. The standard InChI is InChI=1S/C20H26N4O/c1-14-4-8-16(9-5-14)18-12-19(23-22-18)20(25)21-13-15-6-10-17(11-7-15)24(2)3/h4-11,18-19,22-23H,12-13H2,1-3H3,(H,21,25). The SMILES string of the molecule is Cc1ccc(C2CC(C(=O)NCc3ccc(N(C)C)cc3)NN2)cc1. The number of rotatable bonds is 5. The van der Waals surface area contributed by atoms with Gasteiger partial charge in [-0.05, 0) is 36.6 Å². The number of hydrogen-bond donors (Lipinski definition) is 3. The van der Waals surface area contributed by atoms with E-state index in [1.54, 1.807) is 0 Å². The van der Waals surface area contributed by atoms with E-state index in [1.165, 1.54) is 11.1 Å². The van der Waals surface area contributed by atoms with Crippen LogP contribution in [0.15, 0.2) is 48.5 Å². The lowest BCUT2D eigenvalue weighted by Crippen LogP contribution is -2.42. The van der Waals surface area contributed by atoms with Gasteiger partial charge in [-0.1, -0.05) is 42.0 Å². The first kappa shape index (κ1) is 17.5. The van der Waals surface area contributed by atoms with Crippen molar-refractivity contribution in [1.29, 1.82) is 0 Å². The van der Waals surface area contributed by atoms with E-state index in [4.69, 9.17) is 0 Å². The van der Waals surface area contributed by atoms with Crippen LogP contribution >= 0.6 is 0 Å². The van der Waals surface area contributed by atoms with Crippen molar-refractivity contribution in [2.75, 3.05) is 19.0 Å². The number of hydrogen-bond acceptors (Lipinski definition) is 4. The van der Waals surface area contributed by atoms with Gasteiger partial charge >= 0.3 is 0 Å². The van der Waals surface area contributed by atoms with Gasteiger partial charge in [-0.25, -0.2) is 10.9 Å². The lowest BCUT2D eigenvalue weighted by Gasteiger charge is -2.14. The molecule has 2 aromatic carbocycles. The molecule has 1 aliphatic rings. The van der Waals surface area contributed by atoms with Gasteiger partial charge in [0.15, 0.2) is 0 Å². The van der Waals surface area contributed by atoms with Crippen LogP contribution in [-0.2, 0) is 11.3 Å². The largest absolute Gasteiger partial charge is 0.378 e. The Balaban J connectivity index is 1.51. The van der Waals surface area contributed by atoms with E-state index in [9.17, 15) is 4.79 Å². The van der Waals surface area contributed by atoms with Crippen molar-refractivity contribution >= 4 is 11.6 Å². The molecule has 0 aliphatic carbocycles. The average molecular weight is 338 g/mol. The van der Waals surface area contributed by atoms with Crippen molar-refractivity contribution in [2.24, 2.45) is 0 Å². The average Bonchev–Trinajstić information content (AvgIpc) is 3.11. The summed E-state index contributed by atoms with van der Waals surface area (Å²) in [6.07, 6.45) is 0.745. The van der Waals surface area contributed by atoms with Gasteiger partial charge in [-0.2, -0.15) is 0 Å². The van der Waals surface area contributed by atoms with Crippen molar-refractivity contribution in [3.05, 3.63) is 65.2 Å². The van der Waals surface area contributed by atoms with Gasteiger partial charge in [0.05, 0.1) is 0 Å². The van der Waals surface area contributed by atoms with Crippen LogP contribution < -0.4 is 21.1 Å². The van der Waals surface area contributed by atoms with Crippen LogP contribution in [0.4, 0.5) is 5.69 Å². The second-order valence-electron chi connectivity index (χ2n) is 6.82. The molecule has 25 heavy (non-hydrogen) atoms.